The van der Waals surface area contributed by atoms with E-state index in [1.165, 1.54) is 12.5 Å². The number of hydrogen-bond acceptors (Lipinski definition) is 5. The maximum Gasteiger partial charge on any atom is 0.255 e. The van der Waals surface area contributed by atoms with Crippen LogP contribution in [-0.2, 0) is 14.3 Å². The van der Waals surface area contributed by atoms with Crippen LogP contribution >= 0.6 is 0 Å². The van der Waals surface area contributed by atoms with Gasteiger partial charge in [0.15, 0.2) is 5.78 Å². The highest BCUT2D eigenvalue weighted by molar-refractivity contribution is 5.98. The zero-order valence-corrected chi connectivity index (χ0v) is 16.7. The first kappa shape index (κ1) is 21.2. The number of ketones is 1. The molecule has 7 heteroatoms. The van der Waals surface area contributed by atoms with Gasteiger partial charge in [0.25, 0.3) is 5.91 Å². The number of hydrogen-bond donors (Lipinski definition) is 2. The van der Waals surface area contributed by atoms with Gasteiger partial charge in [-0.2, -0.15) is 0 Å². The maximum absolute atomic E-state index is 13.0. The molecule has 0 bridgehead atoms. The largest absolute Gasteiger partial charge is 0.472 e. The number of carbonyl (C=O) groups excluding carboxylic acids is 3. The first-order chi connectivity index (χ1) is 12.7. The van der Waals surface area contributed by atoms with Gasteiger partial charge in [0.05, 0.1) is 17.9 Å². The average Bonchev–Trinajstić information content (AvgIpc) is 3.24. The van der Waals surface area contributed by atoms with Crippen LogP contribution in [0.3, 0.4) is 0 Å². The summed E-state index contributed by atoms with van der Waals surface area (Å²) in [6.45, 7) is 10.2. The van der Waals surface area contributed by atoms with Crippen LogP contribution in [0.5, 0.6) is 0 Å². The van der Waals surface area contributed by atoms with E-state index in [-0.39, 0.29) is 35.7 Å². The Bertz CT molecular complexity index is 666. The number of carbonyl (C=O) groups is 3. The van der Waals surface area contributed by atoms with Crippen molar-refractivity contribution in [2.45, 2.75) is 65.6 Å². The van der Waals surface area contributed by atoms with Crippen LogP contribution in [0.2, 0.25) is 0 Å². The van der Waals surface area contributed by atoms with Crippen molar-refractivity contribution in [2.75, 3.05) is 6.61 Å². The zero-order valence-electron chi connectivity index (χ0n) is 16.7. The lowest BCUT2D eigenvalue weighted by molar-refractivity contribution is -0.128. The fourth-order valence-corrected chi connectivity index (χ4v) is 2.97. The molecule has 1 saturated heterocycles. The minimum atomic E-state index is -0.768. The predicted molar refractivity (Wildman–Crippen MR) is 100 cm³/mol. The molecule has 2 amide bonds. The topological polar surface area (TPSA) is 97.6 Å². The Morgan fingerprint density at radius 3 is 2.59 bits per heavy atom. The Balaban J connectivity index is 2.16. The lowest BCUT2D eigenvalue weighted by Crippen LogP contribution is -2.54. The Morgan fingerprint density at radius 1 is 1.33 bits per heavy atom. The number of nitrogens with one attached hydrogen (secondary N) is 2. The van der Waals surface area contributed by atoms with E-state index in [1.807, 2.05) is 6.92 Å². The molecule has 1 fully saturated rings. The van der Waals surface area contributed by atoms with E-state index in [0.29, 0.717) is 24.3 Å². The number of rotatable bonds is 8. The van der Waals surface area contributed by atoms with Gasteiger partial charge in [0.1, 0.15) is 25.0 Å². The van der Waals surface area contributed by atoms with Crippen molar-refractivity contribution in [2.24, 2.45) is 11.3 Å². The lowest BCUT2D eigenvalue weighted by Gasteiger charge is -2.33. The second-order valence-corrected chi connectivity index (χ2v) is 8.10. The van der Waals surface area contributed by atoms with E-state index in [9.17, 15) is 14.4 Å². The zero-order chi connectivity index (χ0) is 20.2. The minimum absolute atomic E-state index is 0.00693. The summed E-state index contributed by atoms with van der Waals surface area (Å²) in [5.41, 5.74) is 0.160. The third kappa shape index (κ3) is 5.19. The van der Waals surface area contributed by atoms with Crippen molar-refractivity contribution in [1.82, 2.24) is 10.6 Å². The first-order valence-electron chi connectivity index (χ1n) is 9.43. The van der Waals surface area contributed by atoms with Gasteiger partial charge in [-0.3, -0.25) is 14.4 Å². The molecule has 7 nitrogen and oxygen atoms in total. The van der Waals surface area contributed by atoms with Gasteiger partial charge in [-0.05, 0) is 30.2 Å². The molecule has 150 valence electrons. The van der Waals surface area contributed by atoms with Gasteiger partial charge >= 0.3 is 0 Å². The fourth-order valence-electron chi connectivity index (χ4n) is 2.97. The number of ether oxygens (including phenoxy) is 1. The summed E-state index contributed by atoms with van der Waals surface area (Å²) in [6, 6.07) is 0.105. The summed E-state index contributed by atoms with van der Waals surface area (Å²) in [5, 5.41) is 5.58. The summed E-state index contributed by atoms with van der Waals surface area (Å²) in [4.78, 5) is 37.5. The quantitative estimate of drug-likeness (QED) is 0.723. The minimum Gasteiger partial charge on any atom is -0.472 e. The highest BCUT2D eigenvalue weighted by Gasteiger charge is 2.38. The second-order valence-electron chi connectivity index (χ2n) is 8.10. The van der Waals surface area contributed by atoms with Gasteiger partial charge in [-0.15, -0.1) is 0 Å². The van der Waals surface area contributed by atoms with Crippen LogP contribution in [0.1, 0.15) is 57.8 Å². The van der Waals surface area contributed by atoms with E-state index in [2.05, 4.69) is 38.3 Å². The molecule has 0 aliphatic carbocycles. The van der Waals surface area contributed by atoms with Crippen molar-refractivity contribution < 1.29 is 23.5 Å². The monoisotopic (exact) mass is 378 g/mol. The van der Waals surface area contributed by atoms with E-state index in [0.717, 1.165) is 0 Å². The molecule has 0 spiro atoms. The Kier molecular flexibility index (Phi) is 6.81. The van der Waals surface area contributed by atoms with E-state index < -0.39 is 12.1 Å². The number of amides is 2. The summed E-state index contributed by atoms with van der Waals surface area (Å²) >= 11 is 0. The van der Waals surface area contributed by atoms with Gasteiger partial charge in [-0.25, -0.2) is 0 Å². The SMILES string of the molecule is CC[C@@H]1OCC(=O)[C@H]1NC(=O)[C@H](CC(C)(C)C(C)C)NC(=O)c1ccoc1. The van der Waals surface area contributed by atoms with Crippen LogP contribution in [0.15, 0.2) is 23.0 Å². The molecule has 1 aliphatic rings. The molecule has 27 heavy (non-hydrogen) atoms. The molecular formula is C20H30N2O5. The summed E-state index contributed by atoms with van der Waals surface area (Å²) < 4.78 is 10.4. The van der Waals surface area contributed by atoms with Crippen LogP contribution in [0, 0.1) is 11.3 Å². The van der Waals surface area contributed by atoms with Gasteiger partial charge in [0, 0.05) is 0 Å². The molecule has 1 aromatic heterocycles. The Morgan fingerprint density at radius 2 is 2.04 bits per heavy atom. The normalized spacial score (nSPS) is 21.3. The predicted octanol–water partition coefficient (Wildman–Crippen LogP) is 2.31. The summed E-state index contributed by atoms with van der Waals surface area (Å²) in [5.74, 6) is -0.593. The van der Waals surface area contributed by atoms with Gasteiger partial charge in [0.2, 0.25) is 5.91 Å². The Hall–Kier alpha value is -2.15. The fraction of sp³-hybridized carbons (Fsp3) is 0.650. The highest BCUT2D eigenvalue weighted by atomic mass is 16.5. The lowest BCUT2D eigenvalue weighted by atomic mass is 9.76. The van der Waals surface area contributed by atoms with E-state index >= 15 is 0 Å². The molecule has 2 heterocycles. The molecule has 2 N–H and O–H groups in total. The molecular weight excluding hydrogens is 348 g/mol. The highest BCUT2D eigenvalue weighted by Crippen LogP contribution is 2.31. The molecule has 1 aromatic rings. The van der Waals surface area contributed by atoms with Crippen LogP contribution in [0.4, 0.5) is 0 Å². The second kappa shape index (κ2) is 8.69. The van der Waals surface area contributed by atoms with Crippen molar-refractivity contribution in [3.05, 3.63) is 24.2 Å². The van der Waals surface area contributed by atoms with Gasteiger partial charge in [-0.1, -0.05) is 34.6 Å². The van der Waals surface area contributed by atoms with Crippen molar-refractivity contribution in [3.63, 3.8) is 0 Å². The van der Waals surface area contributed by atoms with E-state index in [4.69, 9.17) is 9.15 Å². The van der Waals surface area contributed by atoms with E-state index in [1.54, 1.807) is 6.07 Å². The third-order valence-corrected chi connectivity index (χ3v) is 5.56. The van der Waals surface area contributed by atoms with Crippen molar-refractivity contribution in [1.29, 1.82) is 0 Å². The Labute approximate surface area is 160 Å². The third-order valence-electron chi connectivity index (χ3n) is 5.56. The molecule has 2 rings (SSSR count). The van der Waals surface area contributed by atoms with Crippen molar-refractivity contribution >= 4 is 17.6 Å². The maximum atomic E-state index is 13.0. The van der Waals surface area contributed by atoms with Gasteiger partial charge < -0.3 is 19.8 Å². The van der Waals surface area contributed by atoms with Crippen LogP contribution in [-0.4, -0.2) is 42.4 Å². The summed E-state index contributed by atoms with van der Waals surface area (Å²) in [7, 11) is 0. The van der Waals surface area contributed by atoms with Crippen LogP contribution in [0.25, 0.3) is 0 Å². The molecule has 0 radical (unpaired) electrons. The molecule has 0 aromatic carbocycles. The summed E-state index contributed by atoms with van der Waals surface area (Å²) in [6.07, 6.45) is 3.48. The molecule has 3 atom stereocenters. The number of furan rings is 1. The molecule has 0 unspecified atom stereocenters. The standard InChI is InChI=1S/C20H30N2O5/c1-6-16-17(15(23)11-27-16)22-19(25)14(9-20(4,5)12(2)3)21-18(24)13-7-8-26-10-13/h7-8,10,12,14,16-17H,6,9,11H2,1-5H3,(H,21,24)(H,22,25)/t14-,16-,17+/m0/s1. The molecule has 0 saturated carbocycles. The first-order valence-corrected chi connectivity index (χ1v) is 9.43. The molecule has 1 aliphatic heterocycles. The number of Topliss-reactive ketones (excluding diaryl/α,β-unsaturated/α-hetero) is 1. The van der Waals surface area contributed by atoms with Crippen molar-refractivity contribution in [3.8, 4) is 0 Å². The smallest absolute Gasteiger partial charge is 0.255 e. The average molecular weight is 378 g/mol. The van der Waals surface area contributed by atoms with Crippen LogP contribution < -0.4 is 10.6 Å².